The van der Waals surface area contributed by atoms with Gasteiger partial charge < -0.3 is 11.1 Å². The van der Waals surface area contributed by atoms with Crippen molar-refractivity contribution in [1.29, 1.82) is 0 Å². The minimum Gasteiger partial charge on any atom is -0.326 e. The van der Waals surface area contributed by atoms with Gasteiger partial charge in [0.1, 0.15) is 0 Å². The van der Waals surface area contributed by atoms with Crippen LogP contribution in [0.4, 0.5) is 0 Å². The summed E-state index contributed by atoms with van der Waals surface area (Å²) in [5, 5.41) is 3.41. The Morgan fingerprint density at radius 1 is 1.11 bits per heavy atom. The van der Waals surface area contributed by atoms with Crippen molar-refractivity contribution in [1.82, 2.24) is 5.32 Å². The molecule has 2 aromatic rings. The van der Waals surface area contributed by atoms with Crippen LogP contribution in [0.3, 0.4) is 0 Å². The van der Waals surface area contributed by atoms with Gasteiger partial charge in [0, 0.05) is 6.54 Å². The van der Waals surface area contributed by atoms with E-state index in [2.05, 4.69) is 61.6 Å². The number of rotatable bonds is 4. The summed E-state index contributed by atoms with van der Waals surface area (Å²) in [5.41, 5.74) is 12.1. The molecule has 0 spiro atoms. The van der Waals surface area contributed by atoms with Crippen molar-refractivity contribution in [2.24, 2.45) is 5.73 Å². The molecule has 3 N–H and O–H groups in total. The van der Waals surface area contributed by atoms with Gasteiger partial charge in [-0.15, -0.1) is 0 Å². The molecular formula is C17H22N2. The predicted octanol–water partition coefficient (Wildman–Crippen LogP) is 3.07. The maximum Gasteiger partial charge on any atom is 0.0577 e. The van der Waals surface area contributed by atoms with Crippen LogP contribution in [-0.2, 0) is 6.54 Å². The maximum atomic E-state index is 5.73. The van der Waals surface area contributed by atoms with Gasteiger partial charge in [0.2, 0.25) is 0 Å². The molecular weight excluding hydrogens is 232 g/mol. The first-order chi connectivity index (χ1) is 9.15. The summed E-state index contributed by atoms with van der Waals surface area (Å²) in [4.78, 5) is 0. The molecule has 2 heteroatoms. The highest BCUT2D eigenvalue weighted by Crippen LogP contribution is 2.25. The largest absolute Gasteiger partial charge is 0.326 e. The van der Waals surface area contributed by atoms with Crippen molar-refractivity contribution in [2.45, 2.75) is 26.4 Å². The maximum absolute atomic E-state index is 5.73. The molecule has 1 unspecified atom stereocenters. The fraction of sp³-hybridized carbons (Fsp3) is 0.294. The summed E-state index contributed by atoms with van der Waals surface area (Å²) in [6.07, 6.45) is 0. The molecule has 2 aromatic carbocycles. The molecule has 0 aliphatic carbocycles. The Labute approximate surface area is 115 Å². The van der Waals surface area contributed by atoms with E-state index in [9.17, 15) is 0 Å². The molecule has 0 aromatic heterocycles. The van der Waals surface area contributed by atoms with E-state index in [-0.39, 0.29) is 6.04 Å². The van der Waals surface area contributed by atoms with E-state index >= 15 is 0 Å². The first-order valence-corrected chi connectivity index (χ1v) is 6.69. The molecule has 2 rings (SSSR count). The molecule has 0 fully saturated rings. The van der Waals surface area contributed by atoms with Crippen molar-refractivity contribution >= 4 is 0 Å². The van der Waals surface area contributed by atoms with Crippen LogP contribution in [0.5, 0.6) is 0 Å². The zero-order valence-electron chi connectivity index (χ0n) is 11.9. The van der Waals surface area contributed by atoms with Gasteiger partial charge in [-0.05, 0) is 43.1 Å². The molecule has 1 atom stereocenters. The van der Waals surface area contributed by atoms with Gasteiger partial charge in [-0.3, -0.25) is 0 Å². The molecule has 19 heavy (non-hydrogen) atoms. The normalized spacial score (nSPS) is 12.4. The van der Waals surface area contributed by atoms with Gasteiger partial charge in [-0.1, -0.05) is 48.0 Å². The summed E-state index contributed by atoms with van der Waals surface area (Å²) in [7, 11) is 2.00. The van der Waals surface area contributed by atoms with E-state index in [0.717, 1.165) is 0 Å². The summed E-state index contributed by atoms with van der Waals surface area (Å²) in [6.45, 7) is 4.87. The Balaban J connectivity index is 2.43. The second-order valence-corrected chi connectivity index (χ2v) is 5.03. The van der Waals surface area contributed by atoms with Crippen LogP contribution < -0.4 is 11.1 Å². The average Bonchev–Trinajstić information content (AvgIpc) is 2.42. The third-order valence-corrected chi connectivity index (χ3v) is 3.55. The number of benzene rings is 2. The molecule has 2 nitrogen and oxygen atoms in total. The van der Waals surface area contributed by atoms with E-state index in [1.165, 1.54) is 27.8 Å². The zero-order valence-corrected chi connectivity index (χ0v) is 11.9. The number of hydrogen-bond donors (Lipinski definition) is 2. The predicted molar refractivity (Wildman–Crippen MR) is 81.2 cm³/mol. The van der Waals surface area contributed by atoms with Crippen molar-refractivity contribution in [3.8, 4) is 0 Å². The van der Waals surface area contributed by atoms with Crippen LogP contribution in [0.15, 0.2) is 42.5 Å². The molecule has 0 heterocycles. The Hall–Kier alpha value is -1.64. The van der Waals surface area contributed by atoms with Gasteiger partial charge in [-0.25, -0.2) is 0 Å². The quantitative estimate of drug-likeness (QED) is 0.880. The number of hydrogen-bond acceptors (Lipinski definition) is 2. The Morgan fingerprint density at radius 3 is 2.53 bits per heavy atom. The summed E-state index contributed by atoms with van der Waals surface area (Å²) in [5.74, 6) is 0. The molecule has 0 saturated carbocycles. The third kappa shape index (κ3) is 3.03. The minimum absolute atomic E-state index is 0.215. The Kier molecular flexibility index (Phi) is 4.35. The molecule has 0 bridgehead atoms. The van der Waals surface area contributed by atoms with Gasteiger partial charge >= 0.3 is 0 Å². The van der Waals surface area contributed by atoms with Gasteiger partial charge in [-0.2, -0.15) is 0 Å². The highest BCUT2D eigenvalue weighted by molar-refractivity contribution is 5.39. The molecule has 100 valence electrons. The van der Waals surface area contributed by atoms with E-state index in [4.69, 9.17) is 5.73 Å². The Bertz CT molecular complexity index is 561. The SMILES string of the molecule is CNC(c1cccc(CN)c1)c1ccc(C)cc1C. The molecule has 0 amide bonds. The lowest BCUT2D eigenvalue weighted by Gasteiger charge is -2.20. The van der Waals surface area contributed by atoms with Gasteiger partial charge in [0.25, 0.3) is 0 Å². The van der Waals surface area contributed by atoms with Gasteiger partial charge in [0.15, 0.2) is 0 Å². The number of aryl methyl sites for hydroxylation is 2. The van der Waals surface area contributed by atoms with E-state index in [1.54, 1.807) is 0 Å². The fourth-order valence-corrected chi connectivity index (χ4v) is 2.55. The lowest BCUT2D eigenvalue weighted by Crippen LogP contribution is -2.19. The fourth-order valence-electron chi connectivity index (χ4n) is 2.55. The summed E-state index contributed by atoms with van der Waals surface area (Å²) < 4.78 is 0. The standard InChI is InChI=1S/C17H22N2/c1-12-7-8-16(13(2)9-12)17(19-3)15-6-4-5-14(10-15)11-18/h4-10,17,19H,11,18H2,1-3H3. The van der Waals surface area contributed by atoms with Crippen LogP contribution in [0.25, 0.3) is 0 Å². The van der Waals surface area contributed by atoms with Crippen LogP contribution in [-0.4, -0.2) is 7.05 Å². The molecule has 0 aliphatic rings. The first-order valence-electron chi connectivity index (χ1n) is 6.69. The van der Waals surface area contributed by atoms with E-state index < -0.39 is 0 Å². The monoisotopic (exact) mass is 254 g/mol. The Morgan fingerprint density at radius 2 is 1.89 bits per heavy atom. The smallest absolute Gasteiger partial charge is 0.0577 e. The van der Waals surface area contributed by atoms with Crippen molar-refractivity contribution < 1.29 is 0 Å². The third-order valence-electron chi connectivity index (χ3n) is 3.55. The van der Waals surface area contributed by atoms with Crippen LogP contribution in [0.2, 0.25) is 0 Å². The van der Waals surface area contributed by atoms with Crippen molar-refractivity contribution in [3.05, 3.63) is 70.3 Å². The highest BCUT2D eigenvalue weighted by Gasteiger charge is 2.14. The minimum atomic E-state index is 0.215. The van der Waals surface area contributed by atoms with Crippen LogP contribution in [0.1, 0.15) is 33.9 Å². The second kappa shape index (κ2) is 6.00. The lowest BCUT2D eigenvalue weighted by molar-refractivity contribution is 0.686. The zero-order chi connectivity index (χ0) is 13.8. The first kappa shape index (κ1) is 13.8. The molecule has 0 saturated heterocycles. The summed E-state index contributed by atoms with van der Waals surface area (Å²) in [6, 6.07) is 15.3. The van der Waals surface area contributed by atoms with E-state index in [1.807, 2.05) is 7.05 Å². The topological polar surface area (TPSA) is 38.0 Å². The average molecular weight is 254 g/mol. The van der Waals surface area contributed by atoms with Crippen molar-refractivity contribution in [2.75, 3.05) is 7.05 Å². The lowest BCUT2D eigenvalue weighted by atomic mass is 9.93. The summed E-state index contributed by atoms with van der Waals surface area (Å²) >= 11 is 0. The van der Waals surface area contributed by atoms with Crippen molar-refractivity contribution in [3.63, 3.8) is 0 Å². The molecule has 0 aliphatic heterocycles. The van der Waals surface area contributed by atoms with Crippen LogP contribution >= 0.6 is 0 Å². The number of nitrogens with two attached hydrogens (primary N) is 1. The van der Waals surface area contributed by atoms with E-state index in [0.29, 0.717) is 6.54 Å². The number of nitrogens with one attached hydrogen (secondary N) is 1. The van der Waals surface area contributed by atoms with Crippen LogP contribution in [0, 0.1) is 13.8 Å². The molecule has 0 radical (unpaired) electrons. The second-order valence-electron chi connectivity index (χ2n) is 5.03. The highest BCUT2D eigenvalue weighted by atomic mass is 14.9. The van der Waals surface area contributed by atoms with Gasteiger partial charge in [0.05, 0.1) is 6.04 Å².